The number of carbonyl (C=O) groups excluding carboxylic acids is 2. The van der Waals surface area contributed by atoms with Gasteiger partial charge in [-0.15, -0.1) is 0 Å². The molecule has 2 aromatic carbocycles. The number of nitrogens with one attached hydrogen (secondary N) is 2. The number of benzene rings is 2. The van der Waals surface area contributed by atoms with Gasteiger partial charge >= 0.3 is 0 Å². The van der Waals surface area contributed by atoms with Crippen molar-refractivity contribution >= 4 is 57.9 Å². The van der Waals surface area contributed by atoms with Crippen LogP contribution in [-0.4, -0.2) is 42.3 Å². The Labute approximate surface area is 199 Å². The molecule has 1 amide bonds. The highest BCUT2D eigenvalue weighted by Gasteiger charge is 2.12. The third-order valence-electron chi connectivity index (χ3n) is 4.69. The number of hydrogen-bond acceptors (Lipinski definition) is 4. The van der Waals surface area contributed by atoms with Crippen molar-refractivity contribution in [3.63, 3.8) is 0 Å². The molecule has 0 radical (unpaired) electrons. The first-order valence-corrected chi connectivity index (χ1v) is 11.2. The molecule has 0 saturated heterocycles. The number of carbonyl (C=O) groups is 2. The zero-order valence-corrected chi connectivity index (χ0v) is 20.3. The van der Waals surface area contributed by atoms with Crippen LogP contribution in [0, 0.1) is 6.92 Å². The van der Waals surface area contributed by atoms with E-state index in [2.05, 4.69) is 15.5 Å². The first kappa shape index (κ1) is 25.3. The van der Waals surface area contributed by atoms with E-state index in [1.54, 1.807) is 19.1 Å². The number of thiocarbonyl (C=S) groups is 1. The number of amides is 1. The molecular weight excluding hydrogens is 453 g/mol. The lowest BCUT2D eigenvalue weighted by atomic mass is 10.0. The van der Waals surface area contributed by atoms with Gasteiger partial charge < -0.3 is 10.2 Å². The van der Waals surface area contributed by atoms with Gasteiger partial charge in [0.15, 0.2) is 5.11 Å². The number of hydrogen-bond donors (Lipinski definition) is 2. The lowest BCUT2D eigenvalue weighted by Crippen LogP contribution is -2.34. The fraction of sp³-hybridized carbons (Fsp3) is 0.348. The van der Waals surface area contributed by atoms with Crippen LogP contribution in [0.2, 0.25) is 10.0 Å². The van der Waals surface area contributed by atoms with E-state index in [1.165, 1.54) is 0 Å². The van der Waals surface area contributed by atoms with Crippen LogP contribution in [0.3, 0.4) is 0 Å². The van der Waals surface area contributed by atoms with Gasteiger partial charge in [-0.2, -0.15) is 0 Å². The number of nitrogens with zero attached hydrogens (tertiary/aromatic N) is 1. The van der Waals surface area contributed by atoms with Gasteiger partial charge in [-0.3, -0.25) is 14.9 Å². The lowest BCUT2D eigenvalue weighted by molar-refractivity contribution is -0.118. The maximum atomic E-state index is 12.4. The molecule has 0 aliphatic heterocycles. The minimum atomic E-state index is -0.405. The van der Waals surface area contributed by atoms with Gasteiger partial charge in [0.2, 0.25) is 0 Å². The molecule has 0 aromatic heterocycles. The molecule has 0 spiro atoms. The SMILES string of the molecule is Cc1c(Cl)cc(C(=O)NC(=S)Nc2ccc(CC(=O)CCCCN(C)C)cc2)cc1Cl. The van der Waals surface area contributed by atoms with Crippen molar-refractivity contribution in [3.05, 3.63) is 63.1 Å². The summed E-state index contributed by atoms with van der Waals surface area (Å²) in [5, 5.41) is 6.56. The van der Waals surface area contributed by atoms with E-state index in [0.717, 1.165) is 24.9 Å². The van der Waals surface area contributed by atoms with Gasteiger partial charge in [0.05, 0.1) is 0 Å². The lowest BCUT2D eigenvalue weighted by Gasteiger charge is -2.11. The molecule has 2 aromatic rings. The van der Waals surface area contributed by atoms with Crippen LogP contribution in [0.1, 0.15) is 40.7 Å². The Morgan fingerprint density at radius 3 is 2.23 bits per heavy atom. The quantitative estimate of drug-likeness (QED) is 0.378. The van der Waals surface area contributed by atoms with Crippen molar-refractivity contribution < 1.29 is 9.59 Å². The fourth-order valence-corrected chi connectivity index (χ4v) is 3.58. The Balaban J connectivity index is 1.83. The van der Waals surface area contributed by atoms with E-state index in [9.17, 15) is 9.59 Å². The van der Waals surface area contributed by atoms with E-state index in [4.69, 9.17) is 35.4 Å². The van der Waals surface area contributed by atoms with Gasteiger partial charge in [0, 0.05) is 34.1 Å². The summed E-state index contributed by atoms with van der Waals surface area (Å²) in [5.74, 6) is -0.171. The Morgan fingerprint density at radius 1 is 1.03 bits per heavy atom. The van der Waals surface area contributed by atoms with E-state index < -0.39 is 5.91 Å². The second-order valence-corrected chi connectivity index (χ2v) is 8.87. The average molecular weight is 480 g/mol. The van der Waals surface area contributed by atoms with Crippen LogP contribution < -0.4 is 10.6 Å². The van der Waals surface area contributed by atoms with Crippen molar-refractivity contribution in [1.82, 2.24) is 10.2 Å². The molecule has 0 aliphatic rings. The van der Waals surface area contributed by atoms with Crippen LogP contribution >= 0.6 is 35.4 Å². The van der Waals surface area contributed by atoms with Gasteiger partial charge in [-0.25, -0.2) is 0 Å². The summed E-state index contributed by atoms with van der Waals surface area (Å²) >= 11 is 17.4. The van der Waals surface area contributed by atoms with E-state index in [0.29, 0.717) is 39.7 Å². The molecule has 166 valence electrons. The summed E-state index contributed by atoms with van der Waals surface area (Å²) in [6.07, 6.45) is 2.93. The molecule has 2 rings (SSSR count). The summed E-state index contributed by atoms with van der Waals surface area (Å²) in [5.41, 5.74) is 2.70. The van der Waals surface area contributed by atoms with E-state index >= 15 is 0 Å². The standard InChI is InChI=1S/C23H27Cl2N3O2S/c1-15-20(24)13-17(14-21(15)25)22(30)27-23(31)26-18-9-7-16(8-10-18)12-19(29)6-4-5-11-28(2)3/h7-10,13-14H,4-6,11-12H2,1-3H3,(H2,26,27,30,31). The molecule has 5 nitrogen and oxygen atoms in total. The minimum Gasteiger partial charge on any atom is -0.332 e. The number of rotatable bonds is 9. The summed E-state index contributed by atoms with van der Waals surface area (Å²) in [4.78, 5) is 26.6. The molecule has 0 unspecified atom stereocenters. The van der Waals surface area contributed by atoms with E-state index in [-0.39, 0.29) is 10.9 Å². The van der Waals surface area contributed by atoms with Crippen molar-refractivity contribution in [2.45, 2.75) is 32.6 Å². The average Bonchev–Trinajstić information content (AvgIpc) is 2.70. The maximum Gasteiger partial charge on any atom is 0.257 e. The van der Waals surface area contributed by atoms with Gasteiger partial charge in [-0.1, -0.05) is 35.3 Å². The van der Waals surface area contributed by atoms with E-state index in [1.807, 2.05) is 38.4 Å². The zero-order chi connectivity index (χ0) is 23.0. The molecule has 31 heavy (non-hydrogen) atoms. The summed E-state index contributed by atoms with van der Waals surface area (Å²) in [7, 11) is 4.06. The highest BCUT2D eigenvalue weighted by molar-refractivity contribution is 7.80. The second-order valence-electron chi connectivity index (χ2n) is 7.65. The van der Waals surface area contributed by atoms with Crippen LogP contribution in [0.4, 0.5) is 5.69 Å². The second kappa shape index (κ2) is 12.2. The monoisotopic (exact) mass is 479 g/mol. The third kappa shape index (κ3) is 8.57. The third-order valence-corrected chi connectivity index (χ3v) is 5.68. The van der Waals surface area contributed by atoms with Crippen molar-refractivity contribution in [2.24, 2.45) is 0 Å². The predicted molar refractivity (Wildman–Crippen MR) is 132 cm³/mol. The molecule has 0 heterocycles. The number of Topliss-reactive ketones (excluding diaryl/α,β-unsaturated/α-hetero) is 1. The highest BCUT2D eigenvalue weighted by atomic mass is 35.5. The topological polar surface area (TPSA) is 61.4 Å². The molecule has 8 heteroatoms. The first-order chi connectivity index (χ1) is 14.7. The Morgan fingerprint density at radius 2 is 1.65 bits per heavy atom. The Hall–Kier alpha value is -1.99. The molecule has 0 fully saturated rings. The molecule has 2 N–H and O–H groups in total. The first-order valence-electron chi connectivity index (χ1n) is 9.99. The maximum absolute atomic E-state index is 12.4. The molecular formula is C23H27Cl2N3O2S. The number of halogens is 2. The van der Waals surface area contributed by atoms with Crippen LogP contribution in [-0.2, 0) is 11.2 Å². The van der Waals surface area contributed by atoms with Crippen LogP contribution in [0.5, 0.6) is 0 Å². The van der Waals surface area contributed by atoms with Crippen LogP contribution in [0.15, 0.2) is 36.4 Å². The molecule has 0 saturated carbocycles. The van der Waals surface area contributed by atoms with Crippen molar-refractivity contribution in [1.29, 1.82) is 0 Å². The van der Waals surface area contributed by atoms with Gasteiger partial charge in [-0.05, 0) is 88.0 Å². The zero-order valence-electron chi connectivity index (χ0n) is 17.9. The fourth-order valence-electron chi connectivity index (χ4n) is 2.89. The predicted octanol–water partition coefficient (Wildman–Crippen LogP) is 5.27. The number of anilines is 1. The molecule has 0 atom stereocenters. The normalized spacial score (nSPS) is 10.8. The number of unbranched alkanes of at least 4 members (excludes halogenated alkanes) is 1. The highest BCUT2D eigenvalue weighted by Crippen LogP contribution is 2.25. The largest absolute Gasteiger partial charge is 0.332 e. The van der Waals surface area contributed by atoms with Crippen molar-refractivity contribution in [2.75, 3.05) is 26.0 Å². The summed E-state index contributed by atoms with van der Waals surface area (Å²) in [6, 6.07) is 10.5. The number of ketones is 1. The van der Waals surface area contributed by atoms with Crippen LogP contribution in [0.25, 0.3) is 0 Å². The Bertz CT molecular complexity index is 923. The minimum absolute atomic E-state index is 0.155. The van der Waals surface area contributed by atoms with Crippen molar-refractivity contribution in [3.8, 4) is 0 Å². The molecule has 0 bridgehead atoms. The summed E-state index contributed by atoms with van der Waals surface area (Å²) < 4.78 is 0. The summed E-state index contributed by atoms with van der Waals surface area (Å²) in [6.45, 7) is 2.77. The Kier molecular flexibility index (Phi) is 9.91. The van der Waals surface area contributed by atoms with Gasteiger partial charge in [0.25, 0.3) is 5.91 Å². The van der Waals surface area contributed by atoms with Gasteiger partial charge in [0.1, 0.15) is 5.78 Å². The molecule has 0 aliphatic carbocycles. The smallest absolute Gasteiger partial charge is 0.257 e.